The number of ether oxygens (including phenoxy) is 1. The maximum Gasteiger partial charge on any atom is 0.105 e. The molecule has 0 radical (unpaired) electrons. The molecule has 5 nitrogen and oxygen atoms in total. The van der Waals surface area contributed by atoms with Crippen molar-refractivity contribution >= 4 is 16.5 Å². The summed E-state index contributed by atoms with van der Waals surface area (Å²) in [5.41, 5.74) is 4.98. The molecule has 5 aliphatic rings. The van der Waals surface area contributed by atoms with Crippen LogP contribution in [0.25, 0.3) is 16.5 Å². The molecule has 1 saturated carbocycles. The van der Waals surface area contributed by atoms with Crippen molar-refractivity contribution in [3.63, 3.8) is 0 Å². The number of hydrogen-bond acceptors (Lipinski definition) is 5. The molecule has 2 aliphatic heterocycles. The third-order valence-electron chi connectivity index (χ3n) is 10.0. The molecule has 1 aromatic carbocycles. The molecule has 2 bridgehead atoms. The SMILES string of the molecule is CN(C)[C@H]1C[C@@]23CC[C@@]4(O2)C(=CC[C@]2(C)C(c5cccc6ncccc56)=CCC24)C=C3[C@@H](O)[C@@H]1O. The third-order valence-corrected chi connectivity index (χ3v) is 10.0. The summed E-state index contributed by atoms with van der Waals surface area (Å²) < 4.78 is 7.25. The molecule has 3 heterocycles. The Labute approximate surface area is 206 Å². The lowest BCUT2D eigenvalue weighted by Gasteiger charge is -2.55. The highest BCUT2D eigenvalue weighted by Crippen LogP contribution is 2.68. The first-order valence-corrected chi connectivity index (χ1v) is 13.0. The monoisotopic (exact) mass is 470 g/mol. The van der Waals surface area contributed by atoms with Gasteiger partial charge in [-0.25, -0.2) is 0 Å². The van der Waals surface area contributed by atoms with E-state index in [1.807, 2.05) is 31.3 Å². The zero-order valence-electron chi connectivity index (χ0n) is 20.7. The van der Waals surface area contributed by atoms with Crippen molar-refractivity contribution in [2.45, 2.75) is 68.5 Å². The van der Waals surface area contributed by atoms with E-state index in [2.05, 4.69) is 54.4 Å². The first-order valence-electron chi connectivity index (χ1n) is 13.0. The smallest absolute Gasteiger partial charge is 0.105 e. The van der Waals surface area contributed by atoms with Gasteiger partial charge in [-0.2, -0.15) is 0 Å². The van der Waals surface area contributed by atoms with Crippen LogP contribution in [-0.2, 0) is 4.74 Å². The highest BCUT2D eigenvalue weighted by atomic mass is 16.5. The van der Waals surface area contributed by atoms with Gasteiger partial charge in [0.25, 0.3) is 0 Å². The second-order valence-electron chi connectivity index (χ2n) is 11.8. The number of likely N-dealkylation sites (N-methyl/N-ethyl adjacent to an activating group) is 1. The minimum absolute atomic E-state index is 0.0295. The van der Waals surface area contributed by atoms with E-state index in [1.54, 1.807) is 0 Å². The van der Waals surface area contributed by atoms with Crippen LogP contribution >= 0.6 is 0 Å². The number of benzene rings is 1. The van der Waals surface area contributed by atoms with Crippen molar-refractivity contribution in [3.8, 4) is 0 Å². The van der Waals surface area contributed by atoms with Crippen LogP contribution in [0.4, 0.5) is 0 Å². The van der Waals surface area contributed by atoms with Gasteiger partial charge in [-0.05, 0) is 80.6 Å². The second-order valence-corrected chi connectivity index (χ2v) is 11.8. The molecule has 2 spiro atoms. The Morgan fingerprint density at radius 1 is 1.09 bits per heavy atom. The molecule has 1 unspecified atom stereocenters. The van der Waals surface area contributed by atoms with E-state index in [4.69, 9.17) is 4.74 Å². The number of allylic oxidation sites excluding steroid dienone is 3. The summed E-state index contributed by atoms with van der Waals surface area (Å²) in [6, 6.07) is 10.5. The number of fused-ring (bicyclic) bond motifs is 2. The van der Waals surface area contributed by atoms with Crippen LogP contribution in [0, 0.1) is 11.3 Å². The topological polar surface area (TPSA) is 65.8 Å². The molecule has 2 N–H and O–H groups in total. The summed E-state index contributed by atoms with van der Waals surface area (Å²) in [4.78, 5) is 6.64. The van der Waals surface area contributed by atoms with Gasteiger partial charge < -0.3 is 19.8 Å². The predicted octanol–water partition coefficient (Wildman–Crippen LogP) is 4.26. The van der Waals surface area contributed by atoms with Gasteiger partial charge >= 0.3 is 0 Å². The van der Waals surface area contributed by atoms with Gasteiger partial charge in [-0.3, -0.25) is 4.98 Å². The van der Waals surface area contributed by atoms with E-state index in [0.717, 1.165) is 43.2 Å². The quantitative estimate of drug-likeness (QED) is 0.687. The number of aliphatic hydroxyl groups is 2. The van der Waals surface area contributed by atoms with Crippen molar-refractivity contribution in [1.82, 2.24) is 9.88 Å². The maximum absolute atomic E-state index is 11.2. The lowest BCUT2D eigenvalue weighted by Crippen LogP contribution is -2.61. The molecule has 5 heteroatoms. The Bertz CT molecular complexity index is 1320. The van der Waals surface area contributed by atoms with E-state index in [-0.39, 0.29) is 17.1 Å². The van der Waals surface area contributed by atoms with Crippen molar-refractivity contribution in [2.24, 2.45) is 11.3 Å². The highest BCUT2D eigenvalue weighted by molar-refractivity contribution is 5.93. The van der Waals surface area contributed by atoms with Gasteiger partial charge in [-0.15, -0.1) is 0 Å². The molecule has 1 aromatic heterocycles. The Morgan fingerprint density at radius 2 is 1.94 bits per heavy atom. The van der Waals surface area contributed by atoms with Crippen molar-refractivity contribution in [3.05, 3.63) is 71.5 Å². The van der Waals surface area contributed by atoms with Crippen LogP contribution < -0.4 is 0 Å². The molecule has 182 valence electrons. The summed E-state index contributed by atoms with van der Waals surface area (Å²) >= 11 is 0. The summed E-state index contributed by atoms with van der Waals surface area (Å²) in [7, 11) is 3.96. The number of pyridine rings is 1. The standard InChI is InChI=1S/C30H34N2O3/c1-28-12-11-18-16-22-26(33)27(34)24(32(2)3)17-29(22)13-14-30(18,35-29)25(28)10-9-21(28)19-6-4-8-23-20(19)7-5-15-31-23/h4-9,11,15-16,24-27,33-34H,10,12-14,17H2,1-3H3/t24-,25?,26+,27+,28+,29+,30+/m0/s1. The molecule has 0 amide bonds. The van der Waals surface area contributed by atoms with Crippen LogP contribution in [0.1, 0.15) is 44.6 Å². The van der Waals surface area contributed by atoms with Crippen LogP contribution in [0.15, 0.2) is 65.9 Å². The normalized spacial score (nSPS) is 41.7. The van der Waals surface area contributed by atoms with Gasteiger partial charge in [0, 0.05) is 29.0 Å². The van der Waals surface area contributed by atoms with Crippen LogP contribution in [-0.4, -0.2) is 63.6 Å². The number of aromatic nitrogens is 1. The minimum Gasteiger partial charge on any atom is -0.388 e. The maximum atomic E-state index is 11.2. The molecule has 35 heavy (non-hydrogen) atoms. The lowest BCUT2D eigenvalue weighted by atomic mass is 9.58. The van der Waals surface area contributed by atoms with Crippen LogP contribution in [0.2, 0.25) is 0 Å². The molecule has 1 saturated heterocycles. The molecular formula is C30H34N2O3. The third kappa shape index (κ3) is 2.70. The van der Waals surface area contributed by atoms with Gasteiger partial charge in [-0.1, -0.05) is 43.4 Å². The van der Waals surface area contributed by atoms with Gasteiger partial charge in [0.15, 0.2) is 0 Å². The highest BCUT2D eigenvalue weighted by Gasteiger charge is 2.67. The van der Waals surface area contributed by atoms with E-state index >= 15 is 0 Å². The van der Waals surface area contributed by atoms with Crippen molar-refractivity contribution in [1.29, 1.82) is 0 Å². The summed E-state index contributed by atoms with van der Waals surface area (Å²) in [6.45, 7) is 2.42. The number of hydrogen-bond donors (Lipinski definition) is 2. The van der Waals surface area contributed by atoms with Gasteiger partial charge in [0.1, 0.15) is 6.10 Å². The van der Waals surface area contributed by atoms with Gasteiger partial charge in [0.2, 0.25) is 0 Å². The van der Waals surface area contributed by atoms with Gasteiger partial charge in [0.05, 0.1) is 22.8 Å². The largest absolute Gasteiger partial charge is 0.388 e. The molecule has 7 atom stereocenters. The molecular weight excluding hydrogens is 436 g/mol. The first kappa shape index (κ1) is 21.9. The predicted molar refractivity (Wildman–Crippen MR) is 137 cm³/mol. The fourth-order valence-corrected chi connectivity index (χ4v) is 8.25. The fraction of sp³-hybridized carbons (Fsp3) is 0.500. The van der Waals surface area contributed by atoms with Crippen LogP contribution in [0.5, 0.6) is 0 Å². The first-order chi connectivity index (χ1) is 16.8. The van der Waals surface area contributed by atoms with Crippen molar-refractivity contribution < 1.29 is 14.9 Å². The lowest BCUT2D eigenvalue weighted by molar-refractivity contribution is -0.161. The summed E-state index contributed by atoms with van der Waals surface area (Å²) in [5, 5.41) is 23.2. The second kappa shape index (κ2) is 7.13. The van der Waals surface area contributed by atoms with E-state index in [0.29, 0.717) is 5.92 Å². The molecule has 2 fully saturated rings. The number of aliphatic hydroxyl groups excluding tert-OH is 2. The number of rotatable bonds is 2. The van der Waals surface area contributed by atoms with Crippen molar-refractivity contribution in [2.75, 3.05) is 14.1 Å². The number of nitrogens with zero attached hydrogens (tertiary/aromatic N) is 2. The average Bonchev–Trinajstić information content (AvgIpc) is 3.37. The Balaban J connectivity index is 1.33. The Morgan fingerprint density at radius 3 is 2.77 bits per heavy atom. The zero-order valence-corrected chi connectivity index (χ0v) is 20.7. The fourth-order valence-electron chi connectivity index (χ4n) is 8.25. The zero-order chi connectivity index (χ0) is 24.2. The Kier molecular flexibility index (Phi) is 4.47. The molecule has 7 rings (SSSR count). The average molecular weight is 471 g/mol. The van der Waals surface area contributed by atoms with E-state index < -0.39 is 17.8 Å². The minimum atomic E-state index is -0.887. The Hall–Kier alpha value is -2.31. The van der Waals surface area contributed by atoms with E-state index in [9.17, 15) is 10.2 Å². The molecule has 3 aliphatic carbocycles. The summed E-state index contributed by atoms with van der Waals surface area (Å²) in [5.74, 6) is 0.343. The summed E-state index contributed by atoms with van der Waals surface area (Å²) in [6.07, 6.45) is 11.7. The molecule has 2 aromatic rings. The van der Waals surface area contributed by atoms with E-state index in [1.165, 1.54) is 22.1 Å². The van der Waals surface area contributed by atoms with Crippen LogP contribution in [0.3, 0.4) is 0 Å².